The Balaban J connectivity index is 1.49. The number of rotatable bonds is 7. The van der Waals surface area contributed by atoms with E-state index < -0.39 is 0 Å². The standard InChI is InChI=1S/C24H25FN4O2/c1-31-21-10-4-17(5-11-21)15-29(16-18-3-2-12-26-14-18)24(30)23-13-22(27-28-23)19-6-8-20(25)9-7-19/h2-12,14,22-23,27-28H,13,15-16H2,1H3. The van der Waals surface area contributed by atoms with Crippen molar-refractivity contribution in [3.8, 4) is 5.75 Å². The lowest BCUT2D eigenvalue weighted by atomic mass is 10.0. The van der Waals surface area contributed by atoms with Crippen molar-refractivity contribution in [2.24, 2.45) is 0 Å². The third-order valence-electron chi connectivity index (χ3n) is 5.41. The number of methoxy groups -OCH3 is 1. The maximum atomic E-state index is 13.4. The van der Waals surface area contributed by atoms with Crippen molar-refractivity contribution in [3.63, 3.8) is 0 Å². The van der Waals surface area contributed by atoms with Crippen molar-refractivity contribution in [2.75, 3.05) is 7.11 Å². The van der Waals surface area contributed by atoms with Gasteiger partial charge in [0.25, 0.3) is 0 Å². The third-order valence-corrected chi connectivity index (χ3v) is 5.41. The summed E-state index contributed by atoms with van der Waals surface area (Å²) in [4.78, 5) is 19.4. The number of halogens is 1. The van der Waals surface area contributed by atoms with Gasteiger partial charge in [-0.1, -0.05) is 30.3 Å². The van der Waals surface area contributed by atoms with E-state index in [-0.39, 0.29) is 23.8 Å². The minimum atomic E-state index is -0.384. The SMILES string of the molecule is COc1ccc(CN(Cc2cccnc2)C(=O)C2CC(c3ccc(F)cc3)NN2)cc1. The number of nitrogens with one attached hydrogen (secondary N) is 2. The van der Waals surface area contributed by atoms with E-state index in [1.54, 1.807) is 31.6 Å². The predicted molar refractivity (Wildman–Crippen MR) is 115 cm³/mol. The highest BCUT2D eigenvalue weighted by molar-refractivity contribution is 5.82. The average Bonchev–Trinajstić information content (AvgIpc) is 3.30. The molecule has 2 heterocycles. The summed E-state index contributed by atoms with van der Waals surface area (Å²) in [6, 6.07) is 17.4. The van der Waals surface area contributed by atoms with Gasteiger partial charge in [0.2, 0.25) is 5.91 Å². The van der Waals surface area contributed by atoms with Gasteiger partial charge in [-0.3, -0.25) is 9.78 Å². The number of carbonyl (C=O) groups is 1. The van der Waals surface area contributed by atoms with Crippen molar-refractivity contribution in [2.45, 2.75) is 31.6 Å². The van der Waals surface area contributed by atoms with E-state index in [1.165, 1.54) is 12.1 Å². The zero-order chi connectivity index (χ0) is 21.6. The number of benzene rings is 2. The summed E-state index contributed by atoms with van der Waals surface area (Å²) in [6.07, 6.45) is 4.07. The maximum absolute atomic E-state index is 13.4. The summed E-state index contributed by atoms with van der Waals surface area (Å²) in [5, 5.41) is 0. The molecular weight excluding hydrogens is 395 g/mol. The Labute approximate surface area is 181 Å². The molecule has 2 unspecified atom stereocenters. The predicted octanol–water partition coefficient (Wildman–Crippen LogP) is 3.37. The molecule has 0 radical (unpaired) electrons. The Bertz CT molecular complexity index is 996. The van der Waals surface area contributed by atoms with E-state index in [9.17, 15) is 9.18 Å². The Morgan fingerprint density at radius 3 is 2.48 bits per heavy atom. The third kappa shape index (κ3) is 5.25. The lowest BCUT2D eigenvalue weighted by molar-refractivity contribution is -0.134. The van der Waals surface area contributed by atoms with Crippen LogP contribution in [0.5, 0.6) is 5.75 Å². The second kappa shape index (κ2) is 9.68. The molecule has 160 valence electrons. The number of amides is 1. The molecule has 2 aromatic carbocycles. The fraction of sp³-hybridized carbons (Fsp3) is 0.250. The molecule has 2 atom stereocenters. The fourth-order valence-electron chi connectivity index (χ4n) is 3.73. The second-order valence-corrected chi connectivity index (χ2v) is 7.58. The van der Waals surface area contributed by atoms with Crippen molar-refractivity contribution < 1.29 is 13.9 Å². The van der Waals surface area contributed by atoms with Crippen LogP contribution in [0.1, 0.15) is 29.2 Å². The number of hydrogen-bond donors (Lipinski definition) is 2. The molecule has 0 bridgehead atoms. The Hall–Kier alpha value is -3.29. The summed E-state index contributed by atoms with van der Waals surface area (Å²) in [7, 11) is 1.63. The number of pyridine rings is 1. The van der Waals surface area contributed by atoms with Gasteiger partial charge in [-0.25, -0.2) is 15.2 Å². The molecule has 7 heteroatoms. The van der Waals surface area contributed by atoms with Crippen LogP contribution in [0.2, 0.25) is 0 Å². The van der Waals surface area contributed by atoms with Crippen LogP contribution >= 0.6 is 0 Å². The quantitative estimate of drug-likeness (QED) is 0.614. The van der Waals surface area contributed by atoms with Crippen LogP contribution in [0.4, 0.5) is 4.39 Å². The first kappa shape index (κ1) is 21.0. The minimum Gasteiger partial charge on any atom is -0.497 e. The topological polar surface area (TPSA) is 66.5 Å². The van der Waals surface area contributed by atoms with Crippen molar-refractivity contribution >= 4 is 5.91 Å². The highest BCUT2D eigenvalue weighted by Crippen LogP contribution is 2.24. The van der Waals surface area contributed by atoms with E-state index in [2.05, 4.69) is 15.8 Å². The molecule has 0 aliphatic carbocycles. The zero-order valence-electron chi connectivity index (χ0n) is 17.3. The molecule has 1 aliphatic heterocycles. The first-order chi connectivity index (χ1) is 15.1. The number of ether oxygens (including phenoxy) is 1. The van der Waals surface area contributed by atoms with Crippen LogP contribution in [0, 0.1) is 5.82 Å². The monoisotopic (exact) mass is 420 g/mol. The highest BCUT2D eigenvalue weighted by atomic mass is 19.1. The molecule has 0 spiro atoms. The van der Waals surface area contributed by atoms with Crippen LogP contribution in [-0.4, -0.2) is 28.9 Å². The van der Waals surface area contributed by atoms with Crippen LogP contribution < -0.4 is 15.6 Å². The first-order valence-corrected chi connectivity index (χ1v) is 10.2. The molecule has 6 nitrogen and oxygen atoms in total. The van der Waals surface area contributed by atoms with Gasteiger partial charge in [-0.2, -0.15) is 0 Å². The van der Waals surface area contributed by atoms with Crippen LogP contribution in [0.25, 0.3) is 0 Å². The molecule has 1 aromatic heterocycles. The van der Waals surface area contributed by atoms with E-state index in [4.69, 9.17) is 4.74 Å². The molecule has 31 heavy (non-hydrogen) atoms. The van der Waals surface area contributed by atoms with Gasteiger partial charge in [0.1, 0.15) is 17.6 Å². The highest BCUT2D eigenvalue weighted by Gasteiger charge is 2.33. The largest absolute Gasteiger partial charge is 0.497 e. The molecule has 1 saturated heterocycles. The zero-order valence-corrected chi connectivity index (χ0v) is 17.3. The van der Waals surface area contributed by atoms with Crippen molar-refractivity contribution in [1.29, 1.82) is 0 Å². The van der Waals surface area contributed by atoms with Crippen LogP contribution in [0.15, 0.2) is 73.1 Å². The average molecular weight is 420 g/mol. The summed E-state index contributed by atoms with van der Waals surface area (Å²) in [5.74, 6) is 0.499. The summed E-state index contributed by atoms with van der Waals surface area (Å²) < 4.78 is 18.5. The molecule has 0 saturated carbocycles. The number of nitrogens with zero attached hydrogens (tertiary/aromatic N) is 2. The van der Waals surface area contributed by atoms with E-state index in [0.717, 1.165) is 22.4 Å². The van der Waals surface area contributed by atoms with Crippen LogP contribution in [-0.2, 0) is 17.9 Å². The van der Waals surface area contributed by atoms with Gasteiger partial charge in [0, 0.05) is 31.5 Å². The van der Waals surface area contributed by atoms with Gasteiger partial charge in [0.15, 0.2) is 0 Å². The maximum Gasteiger partial charge on any atom is 0.241 e. The Morgan fingerprint density at radius 2 is 1.81 bits per heavy atom. The molecule has 1 aliphatic rings. The number of carbonyl (C=O) groups excluding carboxylic acids is 1. The normalized spacial score (nSPS) is 18.0. The minimum absolute atomic E-state index is 0.00298. The Kier molecular flexibility index (Phi) is 6.54. The smallest absolute Gasteiger partial charge is 0.241 e. The summed E-state index contributed by atoms with van der Waals surface area (Å²) >= 11 is 0. The second-order valence-electron chi connectivity index (χ2n) is 7.58. The first-order valence-electron chi connectivity index (χ1n) is 10.2. The molecule has 1 fully saturated rings. The van der Waals surface area contributed by atoms with Crippen molar-refractivity contribution in [3.05, 3.63) is 95.6 Å². The lowest BCUT2D eigenvalue weighted by Crippen LogP contribution is -2.45. The number of hydrazine groups is 1. The van der Waals surface area contributed by atoms with Gasteiger partial charge >= 0.3 is 0 Å². The van der Waals surface area contributed by atoms with E-state index in [1.807, 2.05) is 41.3 Å². The van der Waals surface area contributed by atoms with Gasteiger partial charge in [-0.15, -0.1) is 0 Å². The lowest BCUT2D eigenvalue weighted by Gasteiger charge is -2.26. The van der Waals surface area contributed by atoms with Crippen molar-refractivity contribution in [1.82, 2.24) is 20.7 Å². The molecule has 1 amide bonds. The summed E-state index contributed by atoms with van der Waals surface area (Å²) in [6.45, 7) is 0.926. The number of aromatic nitrogens is 1. The molecule has 4 rings (SSSR count). The molecule has 2 N–H and O–H groups in total. The summed E-state index contributed by atoms with van der Waals surface area (Å²) in [5.41, 5.74) is 9.21. The van der Waals surface area contributed by atoms with Gasteiger partial charge in [-0.05, 0) is 53.4 Å². The van der Waals surface area contributed by atoms with E-state index >= 15 is 0 Å². The Morgan fingerprint density at radius 1 is 1.06 bits per heavy atom. The molecular formula is C24H25FN4O2. The fourth-order valence-corrected chi connectivity index (χ4v) is 3.73. The van der Waals surface area contributed by atoms with Gasteiger partial charge in [0.05, 0.1) is 7.11 Å². The van der Waals surface area contributed by atoms with E-state index in [0.29, 0.717) is 19.5 Å². The number of hydrogen-bond acceptors (Lipinski definition) is 5. The molecule has 3 aromatic rings. The van der Waals surface area contributed by atoms with Crippen LogP contribution in [0.3, 0.4) is 0 Å². The van der Waals surface area contributed by atoms with Gasteiger partial charge < -0.3 is 9.64 Å².